The van der Waals surface area contributed by atoms with Crippen molar-refractivity contribution in [3.63, 3.8) is 0 Å². The Kier molecular flexibility index (Phi) is 4.61. The van der Waals surface area contributed by atoms with Gasteiger partial charge in [0.15, 0.2) is 0 Å². The summed E-state index contributed by atoms with van der Waals surface area (Å²) >= 11 is 0. The third-order valence-corrected chi connectivity index (χ3v) is 3.94. The van der Waals surface area contributed by atoms with E-state index in [0.717, 1.165) is 17.9 Å². The Bertz CT molecular complexity index is 381. The van der Waals surface area contributed by atoms with Crippen molar-refractivity contribution < 1.29 is 4.74 Å². The molecule has 2 unspecified atom stereocenters. The Morgan fingerprint density at radius 1 is 1.44 bits per heavy atom. The number of benzene rings is 1. The van der Waals surface area contributed by atoms with Crippen LogP contribution in [-0.2, 0) is 0 Å². The Morgan fingerprint density at radius 2 is 2.22 bits per heavy atom. The van der Waals surface area contributed by atoms with E-state index in [2.05, 4.69) is 17.9 Å². The number of rotatable bonds is 5. The number of ether oxygens (including phenoxy) is 1. The molecule has 100 valence electrons. The number of para-hydroxylation sites is 1. The summed E-state index contributed by atoms with van der Waals surface area (Å²) < 4.78 is 5.39. The van der Waals surface area contributed by atoms with Crippen molar-refractivity contribution >= 4 is 0 Å². The second-order valence-corrected chi connectivity index (χ2v) is 5.05. The highest BCUT2D eigenvalue weighted by Gasteiger charge is 2.25. The van der Waals surface area contributed by atoms with E-state index in [1.165, 1.54) is 25.8 Å². The summed E-state index contributed by atoms with van der Waals surface area (Å²) in [5.74, 6) is 0.900. The number of likely N-dealkylation sites (tertiary alicyclic amines) is 1. The maximum absolute atomic E-state index is 6.35. The molecule has 1 aromatic carbocycles. The highest BCUT2D eigenvalue weighted by molar-refractivity contribution is 5.35. The van der Waals surface area contributed by atoms with Crippen LogP contribution in [0.2, 0.25) is 0 Å². The lowest BCUT2D eigenvalue weighted by atomic mass is 10.1. The molecular formula is C15H24N2O. The number of hydrogen-bond acceptors (Lipinski definition) is 3. The summed E-state index contributed by atoms with van der Waals surface area (Å²) in [5, 5.41) is 0. The standard InChI is InChI=1S/C15H24N2O/c1-3-12-7-6-10-17(12)11-14(16)13-8-4-5-9-15(13)18-2/h4-5,8-9,12,14H,3,6-7,10-11,16H2,1-2H3. The molecule has 0 saturated carbocycles. The number of nitrogens with zero attached hydrogens (tertiary/aromatic N) is 1. The van der Waals surface area contributed by atoms with E-state index in [-0.39, 0.29) is 6.04 Å². The molecule has 0 aromatic heterocycles. The third kappa shape index (κ3) is 2.85. The van der Waals surface area contributed by atoms with E-state index < -0.39 is 0 Å². The van der Waals surface area contributed by atoms with Crippen LogP contribution in [0.3, 0.4) is 0 Å². The van der Waals surface area contributed by atoms with Gasteiger partial charge in [0, 0.05) is 24.2 Å². The van der Waals surface area contributed by atoms with Gasteiger partial charge >= 0.3 is 0 Å². The van der Waals surface area contributed by atoms with Crippen molar-refractivity contribution in [2.24, 2.45) is 5.73 Å². The molecule has 0 radical (unpaired) electrons. The van der Waals surface area contributed by atoms with Crippen molar-refractivity contribution in [3.8, 4) is 5.75 Å². The molecule has 0 aliphatic carbocycles. The molecular weight excluding hydrogens is 224 g/mol. The molecule has 0 bridgehead atoms. The van der Waals surface area contributed by atoms with Gasteiger partial charge in [0.1, 0.15) is 5.75 Å². The first-order valence-corrected chi connectivity index (χ1v) is 6.88. The van der Waals surface area contributed by atoms with Gasteiger partial charge in [0.05, 0.1) is 7.11 Å². The molecule has 1 aromatic rings. The normalized spacial score (nSPS) is 22.1. The first-order valence-electron chi connectivity index (χ1n) is 6.88. The van der Waals surface area contributed by atoms with Gasteiger partial charge in [-0.05, 0) is 31.9 Å². The van der Waals surface area contributed by atoms with Crippen LogP contribution in [-0.4, -0.2) is 31.1 Å². The summed E-state index contributed by atoms with van der Waals surface area (Å²) in [7, 11) is 1.70. The van der Waals surface area contributed by atoms with E-state index in [9.17, 15) is 0 Å². The minimum atomic E-state index is 0.0355. The fraction of sp³-hybridized carbons (Fsp3) is 0.600. The molecule has 3 nitrogen and oxygen atoms in total. The Hall–Kier alpha value is -1.06. The summed E-state index contributed by atoms with van der Waals surface area (Å²) in [4.78, 5) is 2.52. The van der Waals surface area contributed by atoms with E-state index >= 15 is 0 Å². The molecule has 1 fully saturated rings. The Labute approximate surface area is 110 Å². The Morgan fingerprint density at radius 3 is 2.94 bits per heavy atom. The highest BCUT2D eigenvalue weighted by atomic mass is 16.5. The van der Waals surface area contributed by atoms with Gasteiger partial charge in [0.2, 0.25) is 0 Å². The third-order valence-electron chi connectivity index (χ3n) is 3.94. The van der Waals surface area contributed by atoms with Crippen molar-refractivity contribution in [3.05, 3.63) is 29.8 Å². The highest BCUT2D eigenvalue weighted by Crippen LogP contribution is 2.27. The van der Waals surface area contributed by atoms with Crippen molar-refractivity contribution in [1.82, 2.24) is 4.90 Å². The van der Waals surface area contributed by atoms with Crippen LogP contribution in [0, 0.1) is 0 Å². The van der Waals surface area contributed by atoms with Gasteiger partial charge in [-0.1, -0.05) is 25.1 Å². The minimum Gasteiger partial charge on any atom is -0.496 e. The molecule has 1 saturated heterocycles. The van der Waals surface area contributed by atoms with E-state index in [1.807, 2.05) is 18.2 Å². The molecule has 2 rings (SSSR count). The lowest BCUT2D eigenvalue weighted by molar-refractivity contribution is 0.232. The zero-order valence-corrected chi connectivity index (χ0v) is 11.4. The largest absolute Gasteiger partial charge is 0.496 e. The quantitative estimate of drug-likeness (QED) is 0.870. The van der Waals surface area contributed by atoms with Gasteiger partial charge in [-0.25, -0.2) is 0 Å². The lowest BCUT2D eigenvalue weighted by Gasteiger charge is -2.27. The van der Waals surface area contributed by atoms with Crippen LogP contribution in [0.4, 0.5) is 0 Å². The fourth-order valence-corrected chi connectivity index (χ4v) is 2.92. The minimum absolute atomic E-state index is 0.0355. The van der Waals surface area contributed by atoms with Crippen LogP contribution >= 0.6 is 0 Å². The molecule has 18 heavy (non-hydrogen) atoms. The molecule has 3 heteroatoms. The zero-order chi connectivity index (χ0) is 13.0. The van der Waals surface area contributed by atoms with E-state index in [0.29, 0.717) is 6.04 Å². The first-order chi connectivity index (χ1) is 8.76. The predicted molar refractivity (Wildman–Crippen MR) is 74.8 cm³/mol. The van der Waals surface area contributed by atoms with Crippen molar-refractivity contribution in [2.45, 2.75) is 38.3 Å². The van der Waals surface area contributed by atoms with Gasteiger partial charge in [-0.3, -0.25) is 4.90 Å². The molecule has 0 spiro atoms. The summed E-state index contributed by atoms with van der Waals surface area (Å²) in [6.07, 6.45) is 3.84. The summed E-state index contributed by atoms with van der Waals surface area (Å²) in [5.41, 5.74) is 7.46. The van der Waals surface area contributed by atoms with E-state index in [4.69, 9.17) is 10.5 Å². The summed E-state index contributed by atoms with van der Waals surface area (Å²) in [6.45, 7) is 4.37. The zero-order valence-electron chi connectivity index (χ0n) is 11.4. The molecule has 0 amide bonds. The molecule has 2 atom stereocenters. The van der Waals surface area contributed by atoms with Crippen LogP contribution in [0.5, 0.6) is 5.75 Å². The van der Waals surface area contributed by atoms with Crippen LogP contribution in [0.15, 0.2) is 24.3 Å². The fourth-order valence-electron chi connectivity index (χ4n) is 2.92. The number of nitrogens with two attached hydrogens (primary N) is 1. The van der Waals surface area contributed by atoms with Crippen LogP contribution in [0.1, 0.15) is 37.8 Å². The molecule has 1 heterocycles. The topological polar surface area (TPSA) is 38.5 Å². The van der Waals surface area contributed by atoms with E-state index in [1.54, 1.807) is 7.11 Å². The molecule has 1 aliphatic heterocycles. The average molecular weight is 248 g/mol. The maximum atomic E-state index is 6.35. The van der Waals surface area contributed by atoms with Gasteiger partial charge < -0.3 is 10.5 Å². The predicted octanol–water partition coefficient (Wildman–Crippen LogP) is 2.57. The Balaban J connectivity index is 2.05. The van der Waals surface area contributed by atoms with Gasteiger partial charge in [-0.2, -0.15) is 0 Å². The first kappa shape index (κ1) is 13.4. The molecule has 1 aliphatic rings. The summed E-state index contributed by atoms with van der Waals surface area (Å²) in [6, 6.07) is 8.81. The van der Waals surface area contributed by atoms with Gasteiger partial charge in [-0.15, -0.1) is 0 Å². The molecule has 2 N–H and O–H groups in total. The second-order valence-electron chi connectivity index (χ2n) is 5.05. The maximum Gasteiger partial charge on any atom is 0.123 e. The smallest absolute Gasteiger partial charge is 0.123 e. The van der Waals surface area contributed by atoms with Gasteiger partial charge in [0.25, 0.3) is 0 Å². The number of methoxy groups -OCH3 is 1. The second kappa shape index (κ2) is 6.21. The van der Waals surface area contributed by atoms with Crippen molar-refractivity contribution in [2.75, 3.05) is 20.2 Å². The average Bonchev–Trinajstić information content (AvgIpc) is 2.85. The van der Waals surface area contributed by atoms with Crippen LogP contribution < -0.4 is 10.5 Å². The van der Waals surface area contributed by atoms with Crippen LogP contribution in [0.25, 0.3) is 0 Å². The van der Waals surface area contributed by atoms with Crippen molar-refractivity contribution in [1.29, 1.82) is 0 Å². The number of hydrogen-bond donors (Lipinski definition) is 1. The monoisotopic (exact) mass is 248 g/mol. The lowest BCUT2D eigenvalue weighted by Crippen LogP contribution is -2.35. The SMILES string of the molecule is CCC1CCCN1CC(N)c1ccccc1OC.